The van der Waals surface area contributed by atoms with Gasteiger partial charge in [0.15, 0.2) is 0 Å². The van der Waals surface area contributed by atoms with E-state index in [-0.39, 0.29) is 35.1 Å². The second-order valence-corrected chi connectivity index (χ2v) is 9.59. The van der Waals surface area contributed by atoms with Gasteiger partial charge in [0.2, 0.25) is 0 Å². The van der Waals surface area contributed by atoms with Crippen LogP contribution in [0, 0.1) is 0 Å². The lowest BCUT2D eigenvalue weighted by Gasteiger charge is -2.21. The van der Waals surface area contributed by atoms with Gasteiger partial charge in [0.1, 0.15) is 6.04 Å². The Labute approximate surface area is 201 Å². The highest BCUT2D eigenvalue weighted by atomic mass is 33.1. The third-order valence-corrected chi connectivity index (χ3v) is 7.17. The molecule has 0 saturated heterocycles. The van der Waals surface area contributed by atoms with Crippen molar-refractivity contribution in [1.29, 1.82) is 0 Å². The maximum atomic E-state index is 12.3. The van der Waals surface area contributed by atoms with Crippen molar-refractivity contribution in [3.8, 4) is 0 Å². The molecule has 2 heterocycles. The molecule has 10 nitrogen and oxygen atoms in total. The summed E-state index contributed by atoms with van der Waals surface area (Å²) in [4.78, 5) is 69.1. The first-order valence-electron chi connectivity index (χ1n) is 9.83. The second-order valence-electron chi connectivity index (χ2n) is 6.96. The van der Waals surface area contributed by atoms with Gasteiger partial charge in [-0.3, -0.25) is 34.2 Å². The fourth-order valence-corrected chi connectivity index (χ4v) is 5.34. The van der Waals surface area contributed by atoms with Crippen molar-refractivity contribution in [3.63, 3.8) is 0 Å². The Balaban J connectivity index is 0.000000243. The third-order valence-electron chi connectivity index (χ3n) is 4.77. The van der Waals surface area contributed by atoms with E-state index in [2.05, 4.69) is 5.32 Å². The van der Waals surface area contributed by atoms with Crippen molar-refractivity contribution >= 4 is 57.2 Å². The van der Waals surface area contributed by atoms with E-state index in [4.69, 9.17) is 5.11 Å². The Hall–Kier alpha value is -3.64. The van der Waals surface area contributed by atoms with E-state index >= 15 is 0 Å². The van der Waals surface area contributed by atoms with Gasteiger partial charge < -0.3 is 10.2 Å². The zero-order chi connectivity index (χ0) is 24.8. The lowest BCUT2D eigenvalue weighted by Crippen LogP contribution is -2.46. The number of aliphatic carboxylic acids is 2. The molecule has 1 atom stereocenters. The number of fused-ring (bicyclic) bond motifs is 2. The van der Waals surface area contributed by atoms with Crippen LogP contribution in [0.4, 0.5) is 0 Å². The molecule has 2 aliphatic heterocycles. The van der Waals surface area contributed by atoms with E-state index in [1.54, 1.807) is 36.4 Å². The zero-order valence-corrected chi connectivity index (χ0v) is 19.1. The van der Waals surface area contributed by atoms with Crippen LogP contribution in [0.3, 0.4) is 0 Å². The van der Waals surface area contributed by atoms with Crippen LogP contribution in [0.25, 0.3) is 0 Å². The first-order valence-corrected chi connectivity index (χ1v) is 12.3. The van der Waals surface area contributed by atoms with E-state index in [9.17, 15) is 33.9 Å². The minimum Gasteiger partial charge on any atom is -0.481 e. The smallest absolute Gasteiger partial charge is 0.327 e. The number of nitrogens with zero attached hydrogens (tertiary/aromatic N) is 1. The summed E-state index contributed by atoms with van der Waals surface area (Å²) in [5, 5.41) is 20.1. The third kappa shape index (κ3) is 5.46. The highest BCUT2D eigenvalue weighted by molar-refractivity contribution is 8.76. The van der Waals surface area contributed by atoms with E-state index in [1.807, 2.05) is 0 Å². The summed E-state index contributed by atoms with van der Waals surface area (Å²) >= 11 is 0. The second kappa shape index (κ2) is 11.0. The number of rotatable bonds is 8. The summed E-state index contributed by atoms with van der Waals surface area (Å²) in [7, 11) is 2.32. The van der Waals surface area contributed by atoms with Crippen LogP contribution in [-0.2, 0) is 9.59 Å². The Bertz CT molecular complexity index is 1110. The van der Waals surface area contributed by atoms with Crippen LogP contribution >= 0.6 is 21.6 Å². The fourth-order valence-electron chi connectivity index (χ4n) is 3.16. The molecule has 4 rings (SSSR count). The van der Waals surface area contributed by atoms with Crippen LogP contribution in [0.1, 0.15) is 47.9 Å². The van der Waals surface area contributed by atoms with Gasteiger partial charge in [-0.15, -0.1) is 0 Å². The van der Waals surface area contributed by atoms with Gasteiger partial charge in [0, 0.05) is 11.5 Å². The summed E-state index contributed by atoms with van der Waals surface area (Å²) < 4.78 is 0. The van der Waals surface area contributed by atoms with Crippen molar-refractivity contribution in [3.05, 3.63) is 70.8 Å². The maximum Gasteiger partial charge on any atom is 0.327 e. The topological polar surface area (TPSA) is 158 Å². The van der Waals surface area contributed by atoms with Gasteiger partial charge in [-0.1, -0.05) is 45.9 Å². The van der Waals surface area contributed by atoms with Crippen molar-refractivity contribution < 1.29 is 39.0 Å². The first-order chi connectivity index (χ1) is 16.2. The van der Waals surface area contributed by atoms with Crippen LogP contribution in [-0.4, -0.2) is 68.2 Å². The molecular weight excluding hydrogens is 484 g/mol. The van der Waals surface area contributed by atoms with Crippen molar-refractivity contribution in [1.82, 2.24) is 10.2 Å². The Morgan fingerprint density at radius 3 is 1.71 bits per heavy atom. The molecule has 0 radical (unpaired) electrons. The van der Waals surface area contributed by atoms with Gasteiger partial charge in [0.05, 0.1) is 28.7 Å². The molecule has 2 aromatic rings. The monoisotopic (exact) mass is 502 g/mol. The average molecular weight is 503 g/mol. The van der Waals surface area contributed by atoms with Gasteiger partial charge in [0.25, 0.3) is 23.6 Å². The highest BCUT2D eigenvalue weighted by Gasteiger charge is 2.42. The first kappa shape index (κ1) is 25.0. The van der Waals surface area contributed by atoms with E-state index in [0.29, 0.717) is 16.9 Å². The number of hydrogen-bond acceptors (Lipinski definition) is 8. The maximum absolute atomic E-state index is 12.3. The number of carboxylic acids is 2. The normalized spacial score (nSPS) is 14.6. The molecule has 0 aliphatic carbocycles. The van der Waals surface area contributed by atoms with Crippen molar-refractivity contribution in [2.75, 3.05) is 11.5 Å². The van der Waals surface area contributed by atoms with Crippen LogP contribution < -0.4 is 5.32 Å². The lowest BCUT2D eigenvalue weighted by atomic mass is 10.1. The van der Waals surface area contributed by atoms with Gasteiger partial charge in [-0.2, -0.15) is 0 Å². The largest absolute Gasteiger partial charge is 0.481 e. The Kier molecular flexibility index (Phi) is 8.08. The van der Waals surface area contributed by atoms with Gasteiger partial charge in [-0.05, 0) is 24.3 Å². The standard InChI is InChI=1S/C14H13NO6S2.C8H5NO2/c16-11(17)5-6-22-23-7-10(14(20)21)15-12(18)8-3-1-2-4-9(8)13(15)19;10-7-5-3-1-2-4-6(5)8(11)9-7/h1-4,10H,5-7H2,(H,16,17)(H,20,21);1-4H,(H,9,10,11)/t10-;/m0./s1. The van der Waals surface area contributed by atoms with Crippen molar-refractivity contribution in [2.24, 2.45) is 0 Å². The van der Waals surface area contributed by atoms with E-state index in [1.165, 1.54) is 22.9 Å². The fraction of sp³-hybridized carbons (Fsp3) is 0.182. The minimum absolute atomic E-state index is 0.00884. The molecule has 12 heteroatoms. The van der Waals surface area contributed by atoms with Crippen LogP contribution in [0.15, 0.2) is 48.5 Å². The molecule has 2 aliphatic rings. The van der Waals surface area contributed by atoms with Crippen LogP contribution in [0.2, 0.25) is 0 Å². The molecule has 0 bridgehead atoms. The summed E-state index contributed by atoms with van der Waals surface area (Å²) in [5.74, 6) is -3.74. The van der Waals surface area contributed by atoms with Crippen LogP contribution in [0.5, 0.6) is 0 Å². The molecule has 176 valence electrons. The molecule has 34 heavy (non-hydrogen) atoms. The minimum atomic E-state index is -1.29. The quantitative estimate of drug-likeness (QED) is 0.277. The molecule has 0 saturated carbocycles. The van der Waals surface area contributed by atoms with Crippen molar-refractivity contribution in [2.45, 2.75) is 12.5 Å². The van der Waals surface area contributed by atoms with E-state index in [0.717, 1.165) is 15.7 Å². The number of imide groups is 2. The average Bonchev–Trinajstić information content (AvgIpc) is 3.24. The molecule has 0 aromatic heterocycles. The molecular formula is C22H18N2O8S2. The Morgan fingerprint density at radius 2 is 1.26 bits per heavy atom. The number of carbonyl (C=O) groups excluding carboxylic acids is 4. The number of amides is 4. The molecule has 4 amide bonds. The zero-order valence-electron chi connectivity index (χ0n) is 17.4. The van der Waals surface area contributed by atoms with Gasteiger partial charge >= 0.3 is 11.9 Å². The number of carboxylic acid groups (broad SMARTS) is 2. The predicted molar refractivity (Wildman–Crippen MR) is 124 cm³/mol. The predicted octanol–water partition coefficient (Wildman–Crippen LogP) is 2.16. The number of hydrogen-bond donors (Lipinski definition) is 3. The summed E-state index contributed by atoms with van der Waals surface area (Å²) in [6.45, 7) is 0. The number of nitrogens with one attached hydrogen (secondary N) is 1. The molecule has 2 aromatic carbocycles. The van der Waals surface area contributed by atoms with E-state index < -0.39 is 29.8 Å². The summed E-state index contributed by atoms with van der Waals surface area (Å²) in [5.41, 5.74) is 1.34. The van der Waals surface area contributed by atoms with Gasteiger partial charge in [-0.25, -0.2) is 4.79 Å². The SMILES string of the molecule is O=C(O)CCSSC[C@@H](C(=O)O)N1C(=O)c2ccccc2C1=O.O=C1NC(=O)c2ccccc21. The Morgan fingerprint density at radius 1 is 0.794 bits per heavy atom. The number of carbonyl (C=O) groups is 6. The summed E-state index contributed by atoms with van der Waals surface area (Å²) in [6.07, 6.45) is -0.0393. The summed E-state index contributed by atoms with van der Waals surface area (Å²) in [6, 6.07) is 11.6. The highest BCUT2D eigenvalue weighted by Crippen LogP contribution is 2.29. The molecule has 0 fully saturated rings. The molecule has 0 unspecified atom stereocenters. The lowest BCUT2D eigenvalue weighted by molar-refractivity contribution is -0.140. The molecule has 3 N–H and O–H groups in total. The number of benzene rings is 2. The molecule has 0 spiro atoms.